The summed E-state index contributed by atoms with van der Waals surface area (Å²) in [7, 11) is 0. The Morgan fingerprint density at radius 3 is 2.53 bits per heavy atom. The zero-order chi connectivity index (χ0) is 21.1. The molecule has 1 aromatic carbocycles. The number of aromatic amines is 1. The number of halogens is 1. The second-order valence-corrected chi connectivity index (χ2v) is 7.45. The van der Waals surface area contributed by atoms with Gasteiger partial charge < -0.3 is 10.2 Å². The molecule has 0 bridgehead atoms. The number of hydrogen-bond acceptors (Lipinski definition) is 8. The van der Waals surface area contributed by atoms with E-state index in [4.69, 9.17) is 21.8 Å². The van der Waals surface area contributed by atoms with Crippen LogP contribution in [0.25, 0.3) is 22.7 Å². The third-order valence-electron chi connectivity index (χ3n) is 4.17. The molecule has 0 atom stereocenters. The van der Waals surface area contributed by atoms with Gasteiger partial charge in [0.25, 0.3) is 0 Å². The first-order valence-corrected chi connectivity index (χ1v) is 9.94. The van der Waals surface area contributed by atoms with E-state index in [9.17, 15) is 10.5 Å². The van der Waals surface area contributed by atoms with E-state index < -0.39 is 0 Å². The van der Waals surface area contributed by atoms with Crippen molar-refractivity contribution < 1.29 is 4.42 Å². The van der Waals surface area contributed by atoms with Crippen molar-refractivity contribution in [1.29, 1.82) is 10.5 Å². The number of benzene rings is 1. The number of oxazole rings is 1. The van der Waals surface area contributed by atoms with E-state index in [1.807, 2.05) is 18.2 Å². The number of nitrogens with one attached hydrogen (secondary N) is 1. The molecule has 8 nitrogen and oxygen atoms in total. The Morgan fingerprint density at radius 1 is 1.10 bits per heavy atom. The lowest BCUT2D eigenvalue weighted by atomic mass is 10.0. The molecule has 0 aliphatic carbocycles. The summed E-state index contributed by atoms with van der Waals surface area (Å²) in [6, 6.07) is 13.0. The van der Waals surface area contributed by atoms with Crippen molar-refractivity contribution in [1.82, 2.24) is 20.2 Å². The molecule has 0 fully saturated rings. The summed E-state index contributed by atoms with van der Waals surface area (Å²) in [5, 5.41) is 27.0. The molecule has 30 heavy (non-hydrogen) atoms. The fourth-order valence-corrected chi connectivity index (χ4v) is 3.80. The second kappa shape index (κ2) is 8.29. The average Bonchev–Trinajstić information content (AvgIpc) is 3.44. The van der Waals surface area contributed by atoms with Gasteiger partial charge in [-0.2, -0.15) is 15.6 Å². The van der Waals surface area contributed by atoms with Crippen LogP contribution in [0.5, 0.6) is 0 Å². The molecule has 0 unspecified atom stereocenters. The van der Waals surface area contributed by atoms with Gasteiger partial charge in [0.1, 0.15) is 34.8 Å². The largest absolute Gasteiger partial charge is 0.444 e. The number of nitriles is 2. The molecule has 10 heteroatoms. The second-order valence-electron chi connectivity index (χ2n) is 6.05. The zero-order valence-electron chi connectivity index (χ0n) is 15.3. The van der Waals surface area contributed by atoms with Crippen LogP contribution in [-0.2, 0) is 5.75 Å². The number of pyridine rings is 1. The van der Waals surface area contributed by atoms with Crippen LogP contribution in [-0.4, -0.2) is 20.2 Å². The molecule has 0 amide bonds. The molecule has 3 heterocycles. The lowest BCUT2D eigenvalue weighted by molar-refractivity contribution is 0.573. The van der Waals surface area contributed by atoms with Gasteiger partial charge in [0.05, 0.1) is 17.0 Å². The van der Waals surface area contributed by atoms with E-state index >= 15 is 0 Å². The smallest absolute Gasteiger partial charge is 0.226 e. The highest BCUT2D eigenvalue weighted by molar-refractivity contribution is 7.98. The third-order valence-corrected chi connectivity index (χ3v) is 5.43. The monoisotopic (exact) mass is 433 g/mol. The van der Waals surface area contributed by atoms with Gasteiger partial charge in [0.2, 0.25) is 5.89 Å². The summed E-state index contributed by atoms with van der Waals surface area (Å²) in [6.07, 6.45) is 3.15. The lowest BCUT2D eigenvalue weighted by Gasteiger charge is -2.10. The first-order chi connectivity index (χ1) is 14.6. The maximum Gasteiger partial charge on any atom is 0.226 e. The van der Waals surface area contributed by atoms with Gasteiger partial charge in [0.15, 0.2) is 0 Å². The van der Waals surface area contributed by atoms with Crippen LogP contribution >= 0.6 is 23.4 Å². The molecule has 0 aliphatic rings. The van der Waals surface area contributed by atoms with Gasteiger partial charge in [-0.15, -0.1) is 0 Å². The Morgan fingerprint density at radius 2 is 1.87 bits per heavy atom. The Bertz CT molecular complexity index is 1280. The summed E-state index contributed by atoms with van der Waals surface area (Å²) in [5.74, 6) is 0.899. The Kier molecular flexibility index (Phi) is 5.40. The van der Waals surface area contributed by atoms with Crippen LogP contribution < -0.4 is 5.73 Å². The number of aromatic nitrogens is 4. The highest BCUT2D eigenvalue weighted by Crippen LogP contribution is 2.35. The molecular formula is C20H12ClN7OS. The average molecular weight is 434 g/mol. The molecule has 4 rings (SSSR count). The maximum atomic E-state index is 9.74. The van der Waals surface area contributed by atoms with Gasteiger partial charge >= 0.3 is 0 Å². The van der Waals surface area contributed by atoms with Gasteiger partial charge in [0, 0.05) is 28.1 Å². The molecule has 0 saturated heterocycles. The summed E-state index contributed by atoms with van der Waals surface area (Å²) in [6.45, 7) is 0. The number of nitrogens with two attached hydrogens (primary N) is 1. The number of thioether (sulfide) groups is 1. The summed E-state index contributed by atoms with van der Waals surface area (Å²) < 4.78 is 5.54. The first kappa shape index (κ1) is 19.5. The van der Waals surface area contributed by atoms with E-state index in [2.05, 4.69) is 26.2 Å². The molecule has 146 valence electrons. The number of anilines is 1. The van der Waals surface area contributed by atoms with Crippen LogP contribution in [0.4, 0.5) is 5.82 Å². The van der Waals surface area contributed by atoms with Crippen LogP contribution in [0.1, 0.15) is 16.8 Å². The quantitative estimate of drug-likeness (QED) is 0.441. The predicted octanol–water partition coefficient (Wildman–Crippen LogP) is 4.40. The number of nitrogens with zero attached hydrogens (tertiary/aromatic N) is 5. The van der Waals surface area contributed by atoms with Crippen molar-refractivity contribution in [3.8, 4) is 34.8 Å². The van der Waals surface area contributed by atoms with Crippen molar-refractivity contribution >= 4 is 29.2 Å². The van der Waals surface area contributed by atoms with Crippen LogP contribution in [0.2, 0.25) is 5.02 Å². The van der Waals surface area contributed by atoms with Gasteiger partial charge in [-0.25, -0.2) is 9.97 Å². The van der Waals surface area contributed by atoms with Gasteiger partial charge in [-0.3, -0.25) is 5.10 Å². The predicted molar refractivity (Wildman–Crippen MR) is 112 cm³/mol. The molecule has 0 spiro atoms. The molecule has 3 aromatic heterocycles. The van der Waals surface area contributed by atoms with Crippen molar-refractivity contribution in [3.05, 3.63) is 64.6 Å². The first-order valence-electron chi connectivity index (χ1n) is 8.57. The van der Waals surface area contributed by atoms with Gasteiger partial charge in [-0.05, 0) is 30.3 Å². The minimum atomic E-state index is 0.0407. The fourth-order valence-electron chi connectivity index (χ4n) is 2.80. The van der Waals surface area contributed by atoms with E-state index in [-0.39, 0.29) is 16.9 Å². The number of hydrogen-bond donors (Lipinski definition) is 2. The fraction of sp³-hybridized carbons (Fsp3) is 0.0500. The van der Waals surface area contributed by atoms with Crippen LogP contribution in [0.15, 0.2) is 52.2 Å². The van der Waals surface area contributed by atoms with Crippen LogP contribution in [0.3, 0.4) is 0 Å². The Labute approximate surface area is 180 Å². The Balaban J connectivity index is 1.64. The van der Waals surface area contributed by atoms with Crippen LogP contribution in [0, 0.1) is 22.7 Å². The maximum absolute atomic E-state index is 9.74. The summed E-state index contributed by atoms with van der Waals surface area (Å²) in [4.78, 5) is 8.73. The third kappa shape index (κ3) is 3.72. The summed E-state index contributed by atoms with van der Waals surface area (Å²) >= 11 is 7.19. The summed E-state index contributed by atoms with van der Waals surface area (Å²) in [5.41, 5.74) is 8.62. The molecule has 0 radical (unpaired) electrons. The minimum absolute atomic E-state index is 0.0407. The molecular weight excluding hydrogens is 422 g/mol. The van der Waals surface area contributed by atoms with Crippen molar-refractivity contribution in [2.45, 2.75) is 10.8 Å². The van der Waals surface area contributed by atoms with Gasteiger partial charge in [-0.1, -0.05) is 23.4 Å². The van der Waals surface area contributed by atoms with E-state index in [0.717, 1.165) is 5.56 Å². The van der Waals surface area contributed by atoms with E-state index in [1.165, 1.54) is 11.8 Å². The van der Waals surface area contributed by atoms with E-state index in [0.29, 0.717) is 38.6 Å². The highest BCUT2D eigenvalue weighted by Gasteiger charge is 2.22. The molecule has 0 aliphatic heterocycles. The molecule has 3 N–H and O–H groups in total. The van der Waals surface area contributed by atoms with Crippen molar-refractivity contribution in [3.63, 3.8) is 0 Å². The molecule has 0 saturated carbocycles. The normalized spacial score (nSPS) is 10.5. The topological polar surface area (TPSA) is 141 Å². The van der Waals surface area contributed by atoms with Crippen molar-refractivity contribution in [2.24, 2.45) is 0 Å². The SMILES string of the molecule is N#Cc1c(N)nc(SCc2coc(-c3ccc(Cl)cc3)n2)c(C#N)c1-c1cc[nH]n1. The van der Waals surface area contributed by atoms with E-state index in [1.54, 1.807) is 30.7 Å². The number of nitrogen functional groups attached to an aromatic ring is 1. The Hall–Kier alpha value is -3.79. The highest BCUT2D eigenvalue weighted by atomic mass is 35.5. The number of H-pyrrole nitrogens is 1. The molecule has 4 aromatic rings. The zero-order valence-corrected chi connectivity index (χ0v) is 16.8. The standard InChI is InChI=1S/C20H12ClN7OS/c21-12-3-1-11(2-4-12)19-26-13(9-29-19)10-30-20-15(8-23)17(16-5-6-25-28-16)14(7-22)18(24)27-20/h1-6,9H,10H2,(H2,24,27)(H,25,28). The number of rotatable bonds is 5. The minimum Gasteiger partial charge on any atom is -0.444 e. The lowest BCUT2D eigenvalue weighted by Crippen LogP contribution is -2.03. The van der Waals surface area contributed by atoms with Crippen molar-refractivity contribution in [2.75, 3.05) is 5.73 Å².